The van der Waals surface area contributed by atoms with Crippen LogP contribution in [-0.4, -0.2) is 17.9 Å². The zero-order chi connectivity index (χ0) is 39.0. The molecule has 0 radical (unpaired) electrons. The second-order valence-corrected chi connectivity index (χ2v) is 14.1. The van der Waals surface area contributed by atoms with Gasteiger partial charge in [-0.05, 0) is 86.3 Å². The number of para-hydroxylation sites is 1. The van der Waals surface area contributed by atoms with Crippen LogP contribution in [-0.2, 0) is 0 Å². The maximum atomic E-state index is 9.25. The molecule has 0 saturated heterocycles. The number of benzene rings is 8. The zero-order valence-electron chi connectivity index (χ0n) is 31.4. The van der Waals surface area contributed by atoms with E-state index in [2.05, 4.69) is 85.4 Å². The summed E-state index contributed by atoms with van der Waals surface area (Å²) in [5.74, 6) is 1.12. The molecule has 0 spiro atoms. The molecule has 274 valence electrons. The molecule has 58 heavy (non-hydrogen) atoms. The van der Waals surface area contributed by atoms with Crippen LogP contribution in [0.15, 0.2) is 207 Å². The van der Waals surface area contributed by atoms with Crippen molar-refractivity contribution in [2.75, 3.05) is 0 Å². The minimum atomic E-state index is 0.101. The van der Waals surface area contributed by atoms with Gasteiger partial charge in [-0.15, -0.1) is 0 Å². The maximum absolute atomic E-state index is 9.25. The van der Waals surface area contributed by atoms with Crippen molar-refractivity contribution in [3.05, 3.63) is 211 Å². The second-order valence-electron chi connectivity index (χ2n) is 14.1. The van der Waals surface area contributed by atoms with E-state index in [1.54, 1.807) is 6.08 Å². The fourth-order valence-corrected chi connectivity index (χ4v) is 7.89. The maximum Gasteiger partial charge on any atom is 0.161 e. The average Bonchev–Trinajstić information content (AvgIpc) is 3.84. The van der Waals surface area contributed by atoms with Gasteiger partial charge in [0, 0.05) is 39.1 Å². The predicted octanol–water partition coefficient (Wildman–Crippen LogP) is 14.1. The third-order valence-corrected chi connectivity index (χ3v) is 10.7. The van der Waals surface area contributed by atoms with Crippen LogP contribution in [0.4, 0.5) is 0 Å². The van der Waals surface area contributed by atoms with Gasteiger partial charge < -0.3 is 8.83 Å². The summed E-state index contributed by atoms with van der Waals surface area (Å²) >= 11 is 0. The highest BCUT2D eigenvalue weighted by Crippen LogP contribution is 2.41. The number of nitrogens with one attached hydrogen (secondary N) is 1. The minimum Gasteiger partial charge on any atom is -0.456 e. The van der Waals surface area contributed by atoms with E-state index in [4.69, 9.17) is 18.8 Å². The van der Waals surface area contributed by atoms with Gasteiger partial charge in [0.25, 0.3) is 0 Å². The molecule has 0 bridgehead atoms. The molecule has 2 aromatic heterocycles. The first kappa shape index (κ1) is 34.6. The highest BCUT2D eigenvalue weighted by molar-refractivity contribution is 6.19. The van der Waals surface area contributed by atoms with Crippen LogP contribution in [0.2, 0.25) is 0 Å². The Balaban J connectivity index is 1.16. The van der Waals surface area contributed by atoms with Crippen LogP contribution in [0, 0.1) is 5.41 Å². The van der Waals surface area contributed by atoms with Gasteiger partial charge in [-0.3, -0.25) is 5.41 Å². The van der Waals surface area contributed by atoms with Crippen molar-refractivity contribution in [3.63, 3.8) is 0 Å². The van der Waals surface area contributed by atoms with E-state index in [9.17, 15) is 5.41 Å². The molecule has 0 aliphatic carbocycles. The van der Waals surface area contributed by atoms with E-state index in [1.165, 1.54) is 11.1 Å². The second kappa shape index (κ2) is 14.6. The Bertz CT molecular complexity index is 3330. The molecule has 0 saturated carbocycles. The van der Waals surface area contributed by atoms with Crippen LogP contribution >= 0.6 is 0 Å². The number of amidine groups is 2. The molecular formula is C53H35N3O2. The topological polar surface area (TPSA) is 74.8 Å². The Hall–Kier alpha value is -7.89. The van der Waals surface area contributed by atoms with Crippen LogP contribution in [0.3, 0.4) is 0 Å². The highest BCUT2D eigenvalue weighted by Gasteiger charge is 2.19. The Morgan fingerprint density at radius 2 is 1.22 bits per heavy atom. The van der Waals surface area contributed by atoms with Crippen molar-refractivity contribution in [1.29, 1.82) is 5.41 Å². The number of hydrogen-bond donors (Lipinski definition) is 1. The van der Waals surface area contributed by atoms with E-state index >= 15 is 0 Å². The van der Waals surface area contributed by atoms with Crippen molar-refractivity contribution < 1.29 is 8.83 Å². The Morgan fingerprint density at radius 3 is 2.07 bits per heavy atom. The summed E-state index contributed by atoms with van der Waals surface area (Å²) in [6.07, 6.45) is 7.32. The fourth-order valence-electron chi connectivity index (χ4n) is 7.89. The number of fused-ring (bicyclic) bond motifs is 6. The number of aliphatic imine (C=N–C) groups is 2. The number of rotatable bonds is 7. The molecular weight excluding hydrogens is 711 g/mol. The van der Waals surface area contributed by atoms with Crippen molar-refractivity contribution in [1.82, 2.24) is 0 Å². The molecule has 0 fully saturated rings. The number of allylic oxidation sites excluding steroid dienone is 2. The summed E-state index contributed by atoms with van der Waals surface area (Å²) in [6.45, 7) is 3.92. The molecule has 8 aromatic carbocycles. The first-order valence-electron chi connectivity index (χ1n) is 19.2. The average molecular weight is 746 g/mol. The van der Waals surface area contributed by atoms with E-state index in [1.807, 2.05) is 109 Å². The van der Waals surface area contributed by atoms with Gasteiger partial charge >= 0.3 is 0 Å². The Kier molecular flexibility index (Phi) is 8.73. The molecule has 1 N–H and O–H groups in total. The molecule has 10 rings (SSSR count). The molecule has 10 aromatic rings. The Labute approximate surface area is 334 Å². The summed E-state index contributed by atoms with van der Waals surface area (Å²) < 4.78 is 12.7. The van der Waals surface area contributed by atoms with Gasteiger partial charge in [0.1, 0.15) is 22.5 Å². The van der Waals surface area contributed by atoms with Gasteiger partial charge in [0.2, 0.25) is 0 Å². The fraction of sp³-hybridized carbons (Fsp3) is 0. The van der Waals surface area contributed by atoms with Crippen molar-refractivity contribution in [2.24, 2.45) is 9.98 Å². The lowest BCUT2D eigenvalue weighted by atomic mass is 9.90. The molecule has 0 aliphatic heterocycles. The quantitative estimate of drug-likeness (QED) is 0.100. The molecule has 0 atom stereocenters. The predicted molar refractivity (Wildman–Crippen MR) is 242 cm³/mol. The lowest BCUT2D eigenvalue weighted by Crippen LogP contribution is -2.05. The molecule has 2 heterocycles. The minimum absolute atomic E-state index is 0.101. The first-order chi connectivity index (χ1) is 28.6. The van der Waals surface area contributed by atoms with E-state index in [-0.39, 0.29) is 5.84 Å². The lowest BCUT2D eigenvalue weighted by Gasteiger charge is -2.13. The molecule has 0 aliphatic rings. The normalized spacial score (nSPS) is 12.2. The molecule has 0 unspecified atom stereocenters. The van der Waals surface area contributed by atoms with E-state index in [0.717, 1.165) is 76.7 Å². The lowest BCUT2D eigenvalue weighted by molar-refractivity contribution is 0.603. The van der Waals surface area contributed by atoms with E-state index in [0.29, 0.717) is 17.2 Å². The largest absolute Gasteiger partial charge is 0.456 e. The number of furan rings is 2. The summed E-state index contributed by atoms with van der Waals surface area (Å²) in [5.41, 5.74) is 8.98. The summed E-state index contributed by atoms with van der Waals surface area (Å²) in [5, 5.41) is 16.6. The third-order valence-electron chi connectivity index (χ3n) is 10.7. The van der Waals surface area contributed by atoms with Crippen molar-refractivity contribution >= 4 is 78.4 Å². The van der Waals surface area contributed by atoms with Crippen molar-refractivity contribution in [2.45, 2.75) is 0 Å². The number of nitrogens with zero attached hydrogens (tertiary/aromatic N) is 2. The summed E-state index contributed by atoms with van der Waals surface area (Å²) in [7, 11) is 0. The van der Waals surface area contributed by atoms with Gasteiger partial charge in [-0.2, -0.15) is 0 Å². The Morgan fingerprint density at radius 1 is 0.534 bits per heavy atom. The van der Waals surface area contributed by atoms with Crippen LogP contribution in [0.1, 0.15) is 22.5 Å². The highest BCUT2D eigenvalue weighted by atomic mass is 16.3. The summed E-state index contributed by atoms with van der Waals surface area (Å²) in [6, 6.07) is 57.6. The van der Waals surface area contributed by atoms with Crippen LogP contribution in [0.25, 0.3) is 82.8 Å². The standard InChI is InChI=1S/C53H35N3O2/c1-2-3-22-48-46(51-44(21-13-24-50(51)58-48)42-29-28-39(35-15-5-4-6-16-35)40-18-9-10-19-41(40)42)33-55-53(56-52(54)37-26-25-34-14-7-8-17-36(34)31-37)38-27-30-49-45(32-38)43-20-11-12-23-47(43)57-49/h2-33,54H,1H2/b22-3-,54-52?,55-33?,56-53?. The molecule has 5 heteroatoms. The molecule has 5 nitrogen and oxygen atoms in total. The van der Waals surface area contributed by atoms with Crippen LogP contribution in [0.5, 0.6) is 0 Å². The van der Waals surface area contributed by atoms with Crippen LogP contribution < -0.4 is 0 Å². The molecule has 0 amide bonds. The van der Waals surface area contributed by atoms with Gasteiger partial charge in [0.15, 0.2) is 11.7 Å². The zero-order valence-corrected chi connectivity index (χ0v) is 31.4. The SMILES string of the molecule is C=C/C=C\c1oc2cccc(-c3ccc(-c4ccccc4)c4ccccc34)c2c1C=NC(=NC(=N)c1ccc2ccccc2c1)c1ccc2oc3ccccc3c2c1. The van der Waals surface area contributed by atoms with Crippen molar-refractivity contribution in [3.8, 4) is 22.3 Å². The third kappa shape index (κ3) is 6.21. The van der Waals surface area contributed by atoms with Gasteiger partial charge in [0.05, 0.1) is 0 Å². The van der Waals surface area contributed by atoms with Gasteiger partial charge in [-0.1, -0.05) is 152 Å². The first-order valence-corrected chi connectivity index (χ1v) is 19.2. The summed E-state index contributed by atoms with van der Waals surface area (Å²) in [4.78, 5) is 10.1. The number of hydrogen-bond acceptors (Lipinski definition) is 3. The smallest absolute Gasteiger partial charge is 0.161 e. The monoisotopic (exact) mass is 745 g/mol. The van der Waals surface area contributed by atoms with E-state index < -0.39 is 0 Å². The van der Waals surface area contributed by atoms with Gasteiger partial charge in [-0.25, -0.2) is 9.98 Å².